The Morgan fingerprint density at radius 1 is 1.07 bits per heavy atom. The lowest BCUT2D eigenvalue weighted by Crippen LogP contribution is -2.67. The standard InChI is InChI=1S/C34H46N4O2/c1-3-9-26-13-15-30(16-14-26)38-23-27(24-38)22-37-20-17-29(18-21-37)33(25-35,28-10-6-5-7-11-28)34(36)19-8-12-31(34)40-32(39)4-2/h5-7,10-11,13-16,27,29,31H,3-4,8-9,12,17-24,36H2,1-2H3/t31?,33-,34-/m1/s1. The summed E-state index contributed by atoms with van der Waals surface area (Å²) in [6, 6.07) is 22.0. The third-order valence-electron chi connectivity index (χ3n) is 9.85. The summed E-state index contributed by atoms with van der Waals surface area (Å²) >= 11 is 0. The van der Waals surface area contributed by atoms with Gasteiger partial charge in [-0.05, 0) is 80.8 Å². The summed E-state index contributed by atoms with van der Waals surface area (Å²) in [5, 5.41) is 11.0. The van der Waals surface area contributed by atoms with Gasteiger partial charge in [0.15, 0.2) is 0 Å². The summed E-state index contributed by atoms with van der Waals surface area (Å²) < 4.78 is 5.93. The number of rotatable bonds is 10. The van der Waals surface area contributed by atoms with E-state index in [2.05, 4.69) is 59.2 Å². The minimum absolute atomic E-state index is 0.113. The number of nitriles is 1. The second-order valence-corrected chi connectivity index (χ2v) is 12.3. The van der Waals surface area contributed by atoms with Crippen LogP contribution in [0, 0.1) is 23.2 Å². The van der Waals surface area contributed by atoms with E-state index in [1.807, 2.05) is 25.1 Å². The predicted octanol–water partition coefficient (Wildman–Crippen LogP) is 5.45. The molecule has 6 nitrogen and oxygen atoms in total. The van der Waals surface area contributed by atoms with E-state index in [1.165, 1.54) is 17.7 Å². The number of ether oxygens (including phenoxy) is 1. The van der Waals surface area contributed by atoms with Gasteiger partial charge in [-0.2, -0.15) is 5.26 Å². The van der Waals surface area contributed by atoms with Gasteiger partial charge in [0.1, 0.15) is 11.5 Å². The lowest BCUT2D eigenvalue weighted by atomic mass is 9.56. The van der Waals surface area contributed by atoms with Crippen molar-refractivity contribution in [2.75, 3.05) is 37.6 Å². The molecular weight excluding hydrogens is 496 g/mol. The van der Waals surface area contributed by atoms with Gasteiger partial charge in [-0.15, -0.1) is 0 Å². The van der Waals surface area contributed by atoms with Gasteiger partial charge in [0.2, 0.25) is 0 Å². The zero-order chi connectivity index (χ0) is 28.2. The van der Waals surface area contributed by atoms with E-state index in [-0.39, 0.29) is 11.9 Å². The number of anilines is 1. The van der Waals surface area contributed by atoms with E-state index < -0.39 is 17.1 Å². The Hall–Kier alpha value is -2.88. The van der Waals surface area contributed by atoms with Crippen LogP contribution in [0.4, 0.5) is 5.69 Å². The highest BCUT2D eigenvalue weighted by molar-refractivity contribution is 5.69. The molecule has 2 aromatic carbocycles. The number of piperidine rings is 1. The first-order chi connectivity index (χ1) is 19.4. The molecule has 0 bridgehead atoms. The summed E-state index contributed by atoms with van der Waals surface area (Å²) in [6.45, 7) is 9.29. The van der Waals surface area contributed by atoms with Crippen LogP contribution >= 0.6 is 0 Å². The normalized spacial score (nSPS) is 25.6. The van der Waals surface area contributed by atoms with Gasteiger partial charge in [-0.25, -0.2) is 0 Å². The third kappa shape index (κ3) is 5.39. The summed E-state index contributed by atoms with van der Waals surface area (Å²) in [7, 11) is 0. The van der Waals surface area contributed by atoms with Crippen molar-refractivity contribution in [1.82, 2.24) is 4.90 Å². The highest BCUT2D eigenvalue weighted by Gasteiger charge is 2.62. The van der Waals surface area contributed by atoms with Crippen LogP contribution in [-0.2, 0) is 21.4 Å². The SMILES string of the molecule is CCCc1ccc(N2CC(CN3CCC([C@@](C#N)(c4ccccc4)[C@@]4(N)CCCC4OC(=O)CC)CC3)C2)cc1. The molecule has 40 heavy (non-hydrogen) atoms. The molecule has 2 aromatic rings. The molecule has 1 saturated carbocycles. The topological polar surface area (TPSA) is 82.6 Å². The highest BCUT2D eigenvalue weighted by Crippen LogP contribution is 2.52. The van der Waals surface area contributed by atoms with Crippen LogP contribution in [-0.4, -0.2) is 55.2 Å². The van der Waals surface area contributed by atoms with Gasteiger partial charge in [-0.1, -0.05) is 62.7 Å². The van der Waals surface area contributed by atoms with Crippen LogP contribution in [0.2, 0.25) is 0 Å². The number of carbonyl (C=O) groups is 1. The van der Waals surface area contributed by atoms with E-state index >= 15 is 0 Å². The van der Waals surface area contributed by atoms with Crippen molar-refractivity contribution in [3.8, 4) is 6.07 Å². The van der Waals surface area contributed by atoms with E-state index in [1.54, 1.807) is 0 Å². The first-order valence-electron chi connectivity index (χ1n) is 15.4. The largest absolute Gasteiger partial charge is 0.460 e. The fourth-order valence-corrected chi connectivity index (χ4v) is 7.67. The Bertz CT molecular complexity index is 1160. The number of hydrogen-bond donors (Lipinski definition) is 1. The molecule has 0 radical (unpaired) electrons. The Kier molecular flexibility index (Phi) is 8.83. The molecule has 3 fully saturated rings. The molecule has 2 heterocycles. The minimum Gasteiger partial charge on any atom is -0.460 e. The molecule has 2 N–H and O–H groups in total. The van der Waals surface area contributed by atoms with Gasteiger partial charge >= 0.3 is 5.97 Å². The summed E-state index contributed by atoms with van der Waals surface area (Å²) in [6.07, 6.45) is 6.33. The second kappa shape index (κ2) is 12.3. The van der Waals surface area contributed by atoms with E-state index in [4.69, 9.17) is 10.5 Å². The minimum atomic E-state index is -0.901. The van der Waals surface area contributed by atoms with Crippen molar-refractivity contribution in [3.05, 3.63) is 65.7 Å². The summed E-state index contributed by atoms with van der Waals surface area (Å²) in [5.74, 6) is 0.555. The van der Waals surface area contributed by atoms with Crippen molar-refractivity contribution in [3.63, 3.8) is 0 Å². The molecule has 5 rings (SSSR count). The third-order valence-corrected chi connectivity index (χ3v) is 9.85. The van der Waals surface area contributed by atoms with Crippen LogP contribution in [0.15, 0.2) is 54.6 Å². The van der Waals surface area contributed by atoms with Gasteiger partial charge in [0.25, 0.3) is 0 Å². The van der Waals surface area contributed by atoms with Crippen molar-refractivity contribution in [2.24, 2.45) is 17.6 Å². The molecule has 6 heteroatoms. The predicted molar refractivity (Wildman–Crippen MR) is 160 cm³/mol. The maximum Gasteiger partial charge on any atom is 0.305 e. The molecule has 3 atom stereocenters. The number of carbonyl (C=O) groups excluding carboxylic acids is 1. The van der Waals surface area contributed by atoms with E-state index in [9.17, 15) is 10.1 Å². The average molecular weight is 543 g/mol. The number of nitrogens with zero attached hydrogens (tertiary/aromatic N) is 3. The number of likely N-dealkylation sites (tertiary alicyclic amines) is 1. The van der Waals surface area contributed by atoms with Crippen LogP contribution in [0.25, 0.3) is 0 Å². The number of hydrogen-bond acceptors (Lipinski definition) is 6. The molecule has 214 valence electrons. The summed E-state index contributed by atoms with van der Waals surface area (Å²) in [4.78, 5) is 17.4. The first kappa shape index (κ1) is 28.6. The van der Waals surface area contributed by atoms with Gasteiger partial charge in [-0.3, -0.25) is 4.79 Å². The Morgan fingerprint density at radius 2 is 1.77 bits per heavy atom. The number of esters is 1. The van der Waals surface area contributed by atoms with E-state index in [0.717, 1.165) is 70.4 Å². The molecule has 1 unspecified atom stereocenters. The lowest BCUT2D eigenvalue weighted by molar-refractivity contribution is -0.153. The monoisotopic (exact) mass is 542 g/mol. The molecule has 2 saturated heterocycles. The summed E-state index contributed by atoms with van der Waals surface area (Å²) in [5.41, 5.74) is 9.21. The Labute approximate surface area is 240 Å². The van der Waals surface area contributed by atoms with Crippen LogP contribution in [0.5, 0.6) is 0 Å². The van der Waals surface area contributed by atoms with Crippen molar-refractivity contribution < 1.29 is 9.53 Å². The van der Waals surface area contributed by atoms with Gasteiger partial charge in [0.05, 0.1) is 11.6 Å². The maximum absolute atomic E-state index is 12.3. The quantitative estimate of drug-likeness (QED) is 0.402. The molecule has 2 aliphatic heterocycles. The van der Waals surface area contributed by atoms with E-state index in [0.29, 0.717) is 18.8 Å². The number of nitrogens with two attached hydrogens (primary N) is 1. The van der Waals surface area contributed by atoms with Crippen LogP contribution in [0.3, 0.4) is 0 Å². The molecule has 0 amide bonds. The molecule has 0 aromatic heterocycles. The molecule has 1 aliphatic carbocycles. The Morgan fingerprint density at radius 3 is 2.40 bits per heavy atom. The molecular formula is C34H46N4O2. The zero-order valence-electron chi connectivity index (χ0n) is 24.4. The van der Waals surface area contributed by atoms with Crippen molar-refractivity contribution >= 4 is 11.7 Å². The smallest absolute Gasteiger partial charge is 0.305 e. The van der Waals surface area contributed by atoms with Gasteiger partial charge in [0, 0.05) is 37.7 Å². The van der Waals surface area contributed by atoms with Crippen molar-refractivity contribution in [1.29, 1.82) is 5.26 Å². The lowest BCUT2D eigenvalue weighted by Gasteiger charge is -2.52. The zero-order valence-corrected chi connectivity index (χ0v) is 24.4. The fraction of sp³-hybridized carbons (Fsp3) is 0.588. The second-order valence-electron chi connectivity index (χ2n) is 12.3. The number of aryl methyl sites for hydroxylation is 1. The first-order valence-corrected chi connectivity index (χ1v) is 15.4. The molecule has 3 aliphatic rings. The van der Waals surface area contributed by atoms with Crippen LogP contribution in [0.1, 0.15) is 69.9 Å². The Balaban J connectivity index is 1.25. The van der Waals surface area contributed by atoms with Crippen LogP contribution < -0.4 is 10.6 Å². The van der Waals surface area contributed by atoms with Crippen molar-refractivity contribution in [2.45, 2.75) is 82.3 Å². The number of benzene rings is 2. The fourth-order valence-electron chi connectivity index (χ4n) is 7.67. The maximum atomic E-state index is 12.3. The molecule has 0 spiro atoms. The van der Waals surface area contributed by atoms with Gasteiger partial charge < -0.3 is 20.3 Å². The highest BCUT2D eigenvalue weighted by atomic mass is 16.5. The average Bonchev–Trinajstić information content (AvgIpc) is 3.33.